The Hall–Kier alpha value is -4.70. The molecule has 1 aliphatic rings. The number of amides is 2. The minimum atomic E-state index is -0.499. The molecule has 4 aromatic rings. The van der Waals surface area contributed by atoms with E-state index in [1.807, 2.05) is 30.3 Å². The molecule has 1 saturated carbocycles. The standard InChI is InChI=1S/C29H29N5O5/c1-18-26(29(38)34(33(18)2)21-6-4-3-5-7-21)28(37)31-20-9-12-23(13-10-20)39-24-14-15-30-25(17-24)32-27(36)19-8-11-22(35)16-19/h3-7,9-10,12-15,17,19,22,35H,8,11,16H2,1-2H3,(H,31,37)(H,30,32,36). The highest BCUT2D eigenvalue weighted by molar-refractivity contribution is 6.05. The molecule has 1 fully saturated rings. The number of carbonyl (C=O) groups excluding carboxylic acids is 2. The number of aliphatic hydroxyl groups excluding tert-OH is 1. The van der Waals surface area contributed by atoms with Crippen LogP contribution in [-0.4, -0.2) is 37.4 Å². The number of benzene rings is 2. The van der Waals surface area contributed by atoms with Gasteiger partial charge in [0, 0.05) is 30.9 Å². The molecule has 200 valence electrons. The fourth-order valence-corrected chi connectivity index (χ4v) is 4.73. The molecular formula is C29H29N5O5. The van der Waals surface area contributed by atoms with Crippen LogP contribution in [0.1, 0.15) is 35.3 Å². The van der Waals surface area contributed by atoms with Crippen molar-refractivity contribution >= 4 is 23.3 Å². The van der Waals surface area contributed by atoms with Crippen LogP contribution in [0.3, 0.4) is 0 Å². The number of aromatic nitrogens is 3. The maximum Gasteiger partial charge on any atom is 0.284 e. The van der Waals surface area contributed by atoms with Gasteiger partial charge in [-0.3, -0.25) is 19.1 Å². The van der Waals surface area contributed by atoms with Gasteiger partial charge in [0.1, 0.15) is 22.9 Å². The van der Waals surface area contributed by atoms with Gasteiger partial charge in [-0.15, -0.1) is 0 Å². The summed E-state index contributed by atoms with van der Waals surface area (Å²) in [6, 6.07) is 19.2. The zero-order valence-electron chi connectivity index (χ0n) is 21.6. The molecule has 2 unspecified atom stereocenters. The molecule has 5 rings (SSSR count). The predicted octanol–water partition coefficient (Wildman–Crippen LogP) is 4.02. The number of para-hydroxylation sites is 1. The third-order valence-corrected chi connectivity index (χ3v) is 6.89. The molecule has 0 bridgehead atoms. The van der Waals surface area contributed by atoms with Crippen molar-refractivity contribution in [2.75, 3.05) is 10.6 Å². The summed E-state index contributed by atoms with van der Waals surface area (Å²) in [5.74, 6) is 0.459. The Bertz CT molecular complexity index is 1560. The average Bonchev–Trinajstić information content (AvgIpc) is 3.46. The first kappa shape index (κ1) is 25.9. The predicted molar refractivity (Wildman–Crippen MR) is 146 cm³/mol. The van der Waals surface area contributed by atoms with Crippen molar-refractivity contribution in [1.29, 1.82) is 0 Å². The minimum Gasteiger partial charge on any atom is -0.457 e. The van der Waals surface area contributed by atoms with E-state index in [0.29, 0.717) is 53.6 Å². The Kier molecular flexibility index (Phi) is 7.29. The first-order chi connectivity index (χ1) is 18.8. The lowest BCUT2D eigenvalue weighted by atomic mass is 10.1. The van der Waals surface area contributed by atoms with Crippen molar-refractivity contribution < 1.29 is 19.4 Å². The van der Waals surface area contributed by atoms with Crippen LogP contribution in [-0.2, 0) is 11.8 Å². The lowest BCUT2D eigenvalue weighted by molar-refractivity contribution is -0.119. The molecule has 2 aromatic carbocycles. The molecule has 2 aromatic heterocycles. The van der Waals surface area contributed by atoms with E-state index >= 15 is 0 Å². The molecule has 0 saturated heterocycles. The Morgan fingerprint density at radius 1 is 1.00 bits per heavy atom. The number of hydrogen-bond donors (Lipinski definition) is 3. The SMILES string of the molecule is Cc1c(C(=O)Nc2ccc(Oc3ccnc(NC(=O)C4CCC(O)C4)c3)cc2)c(=O)n(-c2ccccc2)n1C. The van der Waals surface area contributed by atoms with Crippen LogP contribution in [0.25, 0.3) is 5.69 Å². The lowest BCUT2D eigenvalue weighted by Crippen LogP contribution is -2.25. The quantitative estimate of drug-likeness (QED) is 0.333. The molecule has 3 N–H and O–H groups in total. The topological polar surface area (TPSA) is 127 Å². The van der Waals surface area contributed by atoms with Crippen LogP contribution in [0.2, 0.25) is 0 Å². The second-order valence-corrected chi connectivity index (χ2v) is 9.55. The van der Waals surface area contributed by atoms with Crippen LogP contribution in [0.15, 0.2) is 77.7 Å². The number of nitrogens with one attached hydrogen (secondary N) is 2. The Labute approximate surface area is 224 Å². The summed E-state index contributed by atoms with van der Waals surface area (Å²) >= 11 is 0. The van der Waals surface area contributed by atoms with Crippen molar-refractivity contribution in [3.63, 3.8) is 0 Å². The average molecular weight is 528 g/mol. The number of ether oxygens (including phenoxy) is 1. The number of carbonyl (C=O) groups is 2. The highest BCUT2D eigenvalue weighted by Gasteiger charge is 2.29. The maximum absolute atomic E-state index is 13.1. The normalized spacial score (nSPS) is 16.6. The van der Waals surface area contributed by atoms with Gasteiger partial charge >= 0.3 is 0 Å². The Balaban J connectivity index is 1.24. The molecular weight excluding hydrogens is 498 g/mol. The molecule has 2 amide bonds. The summed E-state index contributed by atoms with van der Waals surface area (Å²) in [6.07, 6.45) is 2.84. The lowest BCUT2D eigenvalue weighted by Gasteiger charge is -2.11. The summed E-state index contributed by atoms with van der Waals surface area (Å²) in [6.45, 7) is 1.73. The number of pyridine rings is 1. The van der Waals surface area contributed by atoms with E-state index in [1.165, 1.54) is 10.9 Å². The Morgan fingerprint density at radius 2 is 1.74 bits per heavy atom. The fraction of sp³-hybridized carbons (Fsp3) is 0.241. The van der Waals surface area contributed by atoms with Gasteiger partial charge in [0.15, 0.2) is 0 Å². The van der Waals surface area contributed by atoms with Crippen LogP contribution in [0.4, 0.5) is 11.5 Å². The second kappa shape index (κ2) is 11.0. The summed E-state index contributed by atoms with van der Waals surface area (Å²) in [7, 11) is 1.74. The summed E-state index contributed by atoms with van der Waals surface area (Å²) in [5.41, 5.74) is 1.39. The largest absolute Gasteiger partial charge is 0.457 e. The summed E-state index contributed by atoms with van der Waals surface area (Å²) in [5, 5.41) is 15.2. The van der Waals surface area contributed by atoms with Crippen molar-refractivity contribution in [3.05, 3.63) is 94.5 Å². The third kappa shape index (κ3) is 5.60. The van der Waals surface area contributed by atoms with Crippen molar-refractivity contribution in [3.8, 4) is 17.2 Å². The van der Waals surface area contributed by atoms with Gasteiger partial charge in [-0.2, -0.15) is 0 Å². The smallest absolute Gasteiger partial charge is 0.284 e. The summed E-state index contributed by atoms with van der Waals surface area (Å²) < 4.78 is 9.01. The number of aliphatic hydroxyl groups is 1. The van der Waals surface area contributed by atoms with E-state index in [1.54, 1.807) is 55.1 Å². The first-order valence-corrected chi connectivity index (χ1v) is 12.7. The molecule has 10 nitrogen and oxygen atoms in total. The second-order valence-electron chi connectivity index (χ2n) is 9.55. The van der Waals surface area contributed by atoms with Crippen molar-refractivity contribution in [1.82, 2.24) is 14.3 Å². The highest BCUT2D eigenvalue weighted by atomic mass is 16.5. The Morgan fingerprint density at radius 3 is 2.44 bits per heavy atom. The monoisotopic (exact) mass is 527 g/mol. The van der Waals surface area contributed by atoms with E-state index in [4.69, 9.17) is 4.74 Å². The third-order valence-electron chi connectivity index (χ3n) is 6.89. The van der Waals surface area contributed by atoms with Crippen molar-refractivity contribution in [2.45, 2.75) is 32.3 Å². The highest BCUT2D eigenvalue weighted by Crippen LogP contribution is 2.28. The molecule has 0 aliphatic heterocycles. The number of rotatable bonds is 7. The van der Waals surface area contributed by atoms with E-state index in [0.717, 1.165) is 0 Å². The van der Waals surface area contributed by atoms with Crippen LogP contribution < -0.4 is 20.9 Å². The summed E-state index contributed by atoms with van der Waals surface area (Å²) in [4.78, 5) is 42.8. The van der Waals surface area contributed by atoms with Gasteiger partial charge in [-0.05, 0) is 68.7 Å². The zero-order valence-corrected chi connectivity index (χ0v) is 21.6. The maximum atomic E-state index is 13.1. The van der Waals surface area contributed by atoms with Crippen LogP contribution in [0, 0.1) is 12.8 Å². The van der Waals surface area contributed by atoms with Gasteiger partial charge in [-0.25, -0.2) is 9.67 Å². The fourth-order valence-electron chi connectivity index (χ4n) is 4.73. The molecule has 2 atom stereocenters. The van der Waals surface area contributed by atoms with Crippen molar-refractivity contribution in [2.24, 2.45) is 13.0 Å². The number of nitrogens with zero attached hydrogens (tertiary/aromatic N) is 3. The van der Waals surface area contributed by atoms with Gasteiger partial charge in [-0.1, -0.05) is 18.2 Å². The van der Waals surface area contributed by atoms with E-state index < -0.39 is 17.6 Å². The van der Waals surface area contributed by atoms with Gasteiger partial charge in [0.2, 0.25) is 5.91 Å². The minimum absolute atomic E-state index is 0.0696. The van der Waals surface area contributed by atoms with Crippen LogP contribution >= 0.6 is 0 Å². The number of anilines is 2. The molecule has 2 heterocycles. The molecule has 39 heavy (non-hydrogen) atoms. The van der Waals surface area contributed by atoms with Gasteiger partial charge in [0.25, 0.3) is 11.5 Å². The van der Waals surface area contributed by atoms with Crippen LogP contribution in [0.5, 0.6) is 11.5 Å². The molecule has 10 heteroatoms. The first-order valence-electron chi connectivity index (χ1n) is 12.7. The van der Waals surface area contributed by atoms with E-state index in [9.17, 15) is 19.5 Å². The van der Waals surface area contributed by atoms with E-state index in [-0.39, 0.29) is 17.4 Å². The zero-order chi connectivity index (χ0) is 27.5. The molecule has 0 spiro atoms. The molecule has 0 radical (unpaired) electrons. The number of hydrogen-bond acceptors (Lipinski definition) is 6. The van der Waals surface area contributed by atoms with Gasteiger partial charge < -0.3 is 20.5 Å². The molecule has 1 aliphatic carbocycles. The van der Waals surface area contributed by atoms with E-state index in [2.05, 4.69) is 15.6 Å². The van der Waals surface area contributed by atoms with Gasteiger partial charge in [0.05, 0.1) is 17.5 Å².